The van der Waals surface area contributed by atoms with E-state index in [4.69, 9.17) is 10.7 Å². The van der Waals surface area contributed by atoms with E-state index in [1.54, 1.807) is 34.6 Å². The van der Waals surface area contributed by atoms with Crippen molar-refractivity contribution in [2.24, 2.45) is 0 Å². The van der Waals surface area contributed by atoms with Crippen molar-refractivity contribution in [2.75, 3.05) is 17.7 Å². The first-order valence-corrected chi connectivity index (χ1v) is 13.7. The molecule has 0 saturated heterocycles. The summed E-state index contributed by atoms with van der Waals surface area (Å²) in [5.41, 5.74) is 12.0. The zero-order valence-electron chi connectivity index (χ0n) is 17.0. The van der Waals surface area contributed by atoms with E-state index in [9.17, 15) is 0 Å². The Bertz CT molecular complexity index is 1100. The molecule has 0 saturated carbocycles. The van der Waals surface area contributed by atoms with Crippen LogP contribution in [0.4, 0.5) is 5.69 Å². The second-order valence-corrected chi connectivity index (χ2v) is 10.8. The lowest BCUT2D eigenvalue weighted by molar-refractivity contribution is 0.897. The van der Waals surface area contributed by atoms with Gasteiger partial charge in [-0.25, -0.2) is 9.97 Å². The van der Waals surface area contributed by atoms with Gasteiger partial charge in [0, 0.05) is 23.5 Å². The average Bonchev–Trinajstić information content (AvgIpc) is 3.41. The van der Waals surface area contributed by atoms with Crippen LogP contribution >= 0.6 is 46.4 Å². The second-order valence-electron chi connectivity index (χ2n) is 6.80. The van der Waals surface area contributed by atoms with E-state index < -0.39 is 0 Å². The maximum Gasteiger partial charge on any atom is 0.141 e. The molecule has 0 spiro atoms. The van der Waals surface area contributed by atoms with Crippen molar-refractivity contribution in [1.29, 1.82) is 0 Å². The number of nitrogens with one attached hydrogen (secondary N) is 1. The van der Waals surface area contributed by atoms with E-state index in [0.717, 1.165) is 50.0 Å². The summed E-state index contributed by atoms with van der Waals surface area (Å²) in [5, 5.41) is 3.99. The van der Waals surface area contributed by atoms with Gasteiger partial charge in [-0.15, -0.1) is 34.4 Å². The summed E-state index contributed by atoms with van der Waals surface area (Å²) < 4.78 is 4.47. The molecule has 0 fully saturated rings. The number of fused-ring (bicyclic) bond motifs is 1. The molecule has 4 rings (SSSR count). The highest BCUT2D eigenvalue weighted by Gasteiger charge is 2.18. The van der Waals surface area contributed by atoms with Gasteiger partial charge < -0.3 is 5.73 Å². The minimum Gasteiger partial charge on any atom is -0.397 e. The number of nitrogens with zero attached hydrogens (tertiary/aromatic N) is 2. The van der Waals surface area contributed by atoms with Crippen molar-refractivity contribution in [1.82, 2.24) is 14.7 Å². The average molecular weight is 473 g/mol. The Labute approximate surface area is 193 Å². The van der Waals surface area contributed by atoms with E-state index >= 15 is 0 Å². The molecule has 1 aromatic carbocycles. The van der Waals surface area contributed by atoms with Crippen molar-refractivity contribution in [3.05, 3.63) is 47.5 Å². The van der Waals surface area contributed by atoms with Crippen LogP contribution in [0.1, 0.15) is 25.3 Å². The monoisotopic (exact) mass is 472 g/mol. The molecular weight excluding hydrogens is 449 g/mol. The van der Waals surface area contributed by atoms with Gasteiger partial charge in [-0.1, -0.05) is 49.6 Å². The van der Waals surface area contributed by atoms with Crippen LogP contribution in [0.3, 0.4) is 0 Å². The Hall–Kier alpha value is -1.58. The van der Waals surface area contributed by atoms with E-state index in [1.165, 1.54) is 22.6 Å². The normalized spacial score (nSPS) is 11.4. The molecule has 0 aliphatic heterocycles. The van der Waals surface area contributed by atoms with E-state index in [-0.39, 0.29) is 0 Å². The maximum absolute atomic E-state index is 6.65. The summed E-state index contributed by atoms with van der Waals surface area (Å²) >= 11 is 6.79. The highest BCUT2D eigenvalue weighted by molar-refractivity contribution is 8.01. The molecule has 30 heavy (non-hydrogen) atoms. The Kier molecular flexibility index (Phi) is 7.32. The number of thioether (sulfide) groups is 1. The molecule has 0 atom stereocenters. The third-order valence-corrected chi connectivity index (χ3v) is 8.43. The number of thiazole rings is 1. The van der Waals surface area contributed by atoms with Gasteiger partial charge in [-0.3, -0.25) is 4.72 Å². The van der Waals surface area contributed by atoms with Crippen LogP contribution in [0.25, 0.3) is 32.0 Å². The lowest BCUT2D eigenvalue weighted by Gasteiger charge is -2.09. The summed E-state index contributed by atoms with van der Waals surface area (Å²) in [6.07, 6.45) is 6.24. The summed E-state index contributed by atoms with van der Waals surface area (Å²) in [5.74, 6) is 1.08. The molecule has 0 aliphatic carbocycles. The molecule has 8 heteroatoms. The quantitative estimate of drug-likeness (QED) is 0.156. The lowest BCUT2D eigenvalue weighted by atomic mass is 10.0. The van der Waals surface area contributed by atoms with Gasteiger partial charge in [0.05, 0.1) is 9.90 Å². The lowest BCUT2D eigenvalue weighted by Crippen LogP contribution is -2.01. The summed E-state index contributed by atoms with van der Waals surface area (Å²) in [7, 11) is 0. The van der Waals surface area contributed by atoms with Crippen molar-refractivity contribution < 1.29 is 0 Å². The second kappa shape index (κ2) is 10.2. The van der Waals surface area contributed by atoms with Crippen LogP contribution in [0.5, 0.6) is 0 Å². The topological polar surface area (TPSA) is 63.8 Å². The first kappa shape index (κ1) is 21.6. The van der Waals surface area contributed by atoms with Crippen LogP contribution in [-0.2, 0) is 6.54 Å². The highest BCUT2D eigenvalue weighted by Crippen LogP contribution is 2.45. The molecule has 0 radical (unpaired) electrons. The molecule has 4 nitrogen and oxygen atoms in total. The fourth-order valence-corrected chi connectivity index (χ4v) is 6.52. The van der Waals surface area contributed by atoms with Gasteiger partial charge in [0.1, 0.15) is 15.5 Å². The molecule has 156 valence electrons. The van der Waals surface area contributed by atoms with Crippen molar-refractivity contribution in [2.45, 2.75) is 30.5 Å². The third kappa shape index (κ3) is 4.68. The molecule has 3 aromatic heterocycles. The standard InChI is InChI=1S/C22H24N4S4/c1-3-4-10-29-22-19(23)18-16(15-7-5-14(6-8-15)13-25-27-2)12-17(26-21(18)30-22)20-24-9-11-28-20/h5-9,11-12,25H,3-4,10,13,23H2,1-2H3. The van der Waals surface area contributed by atoms with Crippen LogP contribution in [0.2, 0.25) is 0 Å². The highest BCUT2D eigenvalue weighted by atomic mass is 32.2. The summed E-state index contributed by atoms with van der Waals surface area (Å²) in [6.45, 7) is 3.06. The predicted molar refractivity (Wildman–Crippen MR) is 137 cm³/mol. The zero-order chi connectivity index (χ0) is 20.9. The Morgan fingerprint density at radius 2 is 2.03 bits per heavy atom. The van der Waals surface area contributed by atoms with Gasteiger partial charge in [0.2, 0.25) is 0 Å². The number of rotatable bonds is 9. The molecular formula is C22H24N4S4. The fourth-order valence-electron chi connectivity index (χ4n) is 3.16. The van der Waals surface area contributed by atoms with Crippen LogP contribution in [0, 0.1) is 0 Å². The van der Waals surface area contributed by atoms with Crippen molar-refractivity contribution >= 4 is 62.3 Å². The number of hydrogen-bond acceptors (Lipinski definition) is 8. The number of thiophene rings is 1. The SMILES string of the molecule is CCCCSc1sc2nc(-c3nccs3)cc(-c3ccc(CNSC)cc3)c2c1N. The number of nitrogen functional groups attached to an aromatic ring is 1. The van der Waals surface area contributed by atoms with Gasteiger partial charge in [-0.2, -0.15) is 0 Å². The van der Waals surface area contributed by atoms with Crippen molar-refractivity contribution in [3.8, 4) is 21.8 Å². The van der Waals surface area contributed by atoms with E-state index in [1.807, 2.05) is 29.6 Å². The number of unbranched alkanes of at least 4 members (excludes halogenated alkanes) is 1. The minimum atomic E-state index is 0.844. The number of benzene rings is 1. The molecule has 3 heterocycles. The molecule has 4 aromatic rings. The number of hydrogen-bond donors (Lipinski definition) is 2. The molecule has 0 unspecified atom stereocenters. The third-order valence-electron chi connectivity index (χ3n) is 4.73. The molecule has 3 N–H and O–H groups in total. The Morgan fingerprint density at radius 1 is 1.20 bits per heavy atom. The fraction of sp³-hybridized carbons (Fsp3) is 0.273. The first-order chi connectivity index (χ1) is 14.7. The molecule has 0 amide bonds. The van der Waals surface area contributed by atoms with Gasteiger partial charge in [-0.05, 0) is 41.2 Å². The summed E-state index contributed by atoms with van der Waals surface area (Å²) in [6, 6.07) is 10.8. The number of nitrogens with two attached hydrogens (primary N) is 1. The van der Waals surface area contributed by atoms with Gasteiger partial charge in [0.15, 0.2) is 0 Å². The van der Waals surface area contributed by atoms with Gasteiger partial charge in [0.25, 0.3) is 0 Å². The number of aromatic nitrogens is 2. The smallest absolute Gasteiger partial charge is 0.141 e. The van der Waals surface area contributed by atoms with Crippen LogP contribution < -0.4 is 10.5 Å². The van der Waals surface area contributed by atoms with E-state index in [2.05, 4.69) is 47.0 Å². The summed E-state index contributed by atoms with van der Waals surface area (Å²) in [4.78, 5) is 10.4. The van der Waals surface area contributed by atoms with Gasteiger partial charge >= 0.3 is 0 Å². The Morgan fingerprint density at radius 3 is 2.73 bits per heavy atom. The predicted octanol–water partition coefficient (Wildman–Crippen LogP) is 6.93. The van der Waals surface area contributed by atoms with Crippen molar-refractivity contribution in [3.63, 3.8) is 0 Å². The minimum absolute atomic E-state index is 0.844. The largest absolute Gasteiger partial charge is 0.397 e. The Balaban J connectivity index is 1.81. The maximum atomic E-state index is 6.65. The molecule has 0 aliphatic rings. The zero-order valence-corrected chi connectivity index (χ0v) is 20.2. The van der Waals surface area contributed by atoms with Crippen LogP contribution in [0.15, 0.2) is 46.1 Å². The van der Waals surface area contributed by atoms with E-state index in [0.29, 0.717) is 0 Å². The van der Waals surface area contributed by atoms with Crippen LogP contribution in [-0.4, -0.2) is 22.0 Å². The first-order valence-electron chi connectivity index (χ1n) is 9.82. The molecule has 0 bridgehead atoms. The number of anilines is 1. The number of pyridine rings is 1.